The summed E-state index contributed by atoms with van der Waals surface area (Å²) in [5, 5.41) is 0.548. The first-order valence-corrected chi connectivity index (χ1v) is 8.48. The minimum atomic E-state index is -0.262. The molecule has 3 rings (SSSR count). The van der Waals surface area contributed by atoms with Crippen molar-refractivity contribution in [2.24, 2.45) is 0 Å². The van der Waals surface area contributed by atoms with E-state index in [-0.39, 0.29) is 10.6 Å². The zero-order valence-electron chi connectivity index (χ0n) is 13.4. The maximum absolute atomic E-state index is 12.8. The monoisotopic (exact) mass is 343 g/mol. The topological polar surface area (TPSA) is 57.5 Å². The Balaban J connectivity index is 2.06. The van der Waals surface area contributed by atoms with Crippen LogP contribution in [0.25, 0.3) is 10.9 Å². The fourth-order valence-corrected chi connectivity index (χ4v) is 3.34. The highest BCUT2D eigenvalue weighted by Crippen LogP contribution is 2.29. The maximum atomic E-state index is 12.8. The van der Waals surface area contributed by atoms with Crippen molar-refractivity contribution in [1.29, 1.82) is 0 Å². The first kappa shape index (κ1) is 16.3. The van der Waals surface area contributed by atoms with Gasteiger partial charge in [0.2, 0.25) is 0 Å². The van der Waals surface area contributed by atoms with Crippen LogP contribution in [-0.4, -0.2) is 23.1 Å². The quantitative estimate of drug-likeness (QED) is 0.711. The summed E-state index contributed by atoms with van der Waals surface area (Å²) in [6, 6.07) is 12.1. The molecule has 1 aromatic heterocycles. The van der Waals surface area contributed by atoms with E-state index >= 15 is 0 Å². The third-order valence-corrected chi connectivity index (χ3v) is 4.42. The van der Waals surface area contributed by atoms with E-state index in [4.69, 9.17) is 9.47 Å². The number of carbonyl (C=O) groups excluding carboxylic acids is 1. The fraction of sp³-hybridized carbons (Fsp3) is 0.222. The average Bonchev–Trinajstić information content (AvgIpc) is 2.93. The molecule has 2 aromatic carbocycles. The van der Waals surface area contributed by atoms with Crippen LogP contribution < -0.4 is 14.2 Å². The molecule has 0 bridgehead atoms. The summed E-state index contributed by atoms with van der Waals surface area (Å²) in [5.74, 6) is 0.859. The second-order valence-corrected chi connectivity index (χ2v) is 5.94. The molecule has 0 aliphatic heterocycles. The molecular weight excluding hydrogens is 326 g/mol. The van der Waals surface area contributed by atoms with Gasteiger partial charge in [-0.2, -0.15) is 0 Å². The zero-order valence-corrected chi connectivity index (χ0v) is 14.3. The van der Waals surface area contributed by atoms with Gasteiger partial charge in [-0.05, 0) is 55.7 Å². The Morgan fingerprint density at radius 3 is 2.50 bits per heavy atom. The molecule has 124 valence electrons. The van der Waals surface area contributed by atoms with Crippen molar-refractivity contribution in [3.8, 4) is 11.5 Å². The van der Waals surface area contributed by atoms with Crippen LogP contribution in [0, 0.1) is 0 Å². The van der Waals surface area contributed by atoms with E-state index < -0.39 is 0 Å². The van der Waals surface area contributed by atoms with Gasteiger partial charge in [0.05, 0.1) is 24.1 Å². The highest BCUT2D eigenvalue weighted by molar-refractivity contribution is 7.06. The molecule has 0 saturated carbocycles. The Labute approximate surface area is 143 Å². The Hall–Kier alpha value is -2.60. The molecule has 0 aliphatic rings. The van der Waals surface area contributed by atoms with Crippen molar-refractivity contribution in [3.63, 3.8) is 0 Å². The van der Waals surface area contributed by atoms with Gasteiger partial charge in [0.25, 0.3) is 10.6 Å². The fourth-order valence-electron chi connectivity index (χ4n) is 2.46. The molecule has 0 spiro atoms. The number of carbonyl (C=O) groups is 1. The minimum Gasteiger partial charge on any atom is -0.490 e. The first-order valence-electron chi connectivity index (χ1n) is 7.71. The lowest BCUT2D eigenvalue weighted by atomic mass is 10.2. The number of hydrogen-bond donors (Lipinski definition) is 0. The van der Waals surface area contributed by atoms with Crippen molar-refractivity contribution in [2.75, 3.05) is 13.2 Å². The molecule has 0 unspecified atom stereocenters. The standard InChI is InChI=1S/C18H17NO4S/c1-3-22-15-10-9-12(11-16(15)23-4-2)17(20)19-14-8-6-5-7-13(14)18(21)24-19/h5-11H,3-4H2,1-2H3. The van der Waals surface area contributed by atoms with Crippen molar-refractivity contribution >= 4 is 28.3 Å². The Bertz CT molecular complexity index is 942. The van der Waals surface area contributed by atoms with Crippen LogP contribution in [-0.2, 0) is 0 Å². The summed E-state index contributed by atoms with van der Waals surface area (Å²) in [6.07, 6.45) is 0. The van der Waals surface area contributed by atoms with Gasteiger partial charge in [0.1, 0.15) is 0 Å². The van der Waals surface area contributed by atoms with E-state index in [9.17, 15) is 9.59 Å². The second kappa shape index (κ2) is 6.88. The number of aromatic nitrogens is 1. The smallest absolute Gasteiger partial charge is 0.271 e. The molecule has 0 fully saturated rings. The number of ether oxygens (including phenoxy) is 2. The molecule has 0 radical (unpaired) electrons. The largest absolute Gasteiger partial charge is 0.490 e. The van der Waals surface area contributed by atoms with Gasteiger partial charge in [0, 0.05) is 5.56 Å². The van der Waals surface area contributed by atoms with Crippen LogP contribution in [0.5, 0.6) is 11.5 Å². The number of fused-ring (bicyclic) bond motifs is 1. The molecule has 0 N–H and O–H groups in total. The predicted molar refractivity (Wildman–Crippen MR) is 94.6 cm³/mol. The Morgan fingerprint density at radius 2 is 1.75 bits per heavy atom. The number of hydrogen-bond acceptors (Lipinski definition) is 5. The van der Waals surface area contributed by atoms with E-state index in [0.29, 0.717) is 41.2 Å². The number of benzene rings is 2. The van der Waals surface area contributed by atoms with Gasteiger partial charge in [0.15, 0.2) is 11.5 Å². The summed E-state index contributed by atoms with van der Waals surface area (Å²) in [7, 11) is 0. The lowest BCUT2D eigenvalue weighted by molar-refractivity contribution is 0.0975. The SMILES string of the molecule is CCOc1ccc(C(=O)n2sc(=O)c3ccccc32)cc1OCC. The molecule has 24 heavy (non-hydrogen) atoms. The van der Waals surface area contributed by atoms with Crippen LogP contribution in [0.1, 0.15) is 24.2 Å². The number of rotatable bonds is 5. The van der Waals surface area contributed by atoms with Crippen molar-refractivity contribution in [3.05, 3.63) is 57.6 Å². The molecule has 0 aliphatic carbocycles. The van der Waals surface area contributed by atoms with Gasteiger partial charge < -0.3 is 9.47 Å². The Morgan fingerprint density at radius 1 is 1.04 bits per heavy atom. The molecule has 5 nitrogen and oxygen atoms in total. The molecule has 0 saturated heterocycles. The molecule has 0 atom stereocenters. The highest BCUT2D eigenvalue weighted by Gasteiger charge is 2.17. The molecule has 1 heterocycles. The summed E-state index contributed by atoms with van der Waals surface area (Å²) in [5.41, 5.74) is 1.06. The van der Waals surface area contributed by atoms with Crippen LogP contribution >= 0.6 is 11.5 Å². The third kappa shape index (κ3) is 2.92. The summed E-state index contributed by atoms with van der Waals surface area (Å²) < 4.78 is 12.4. The minimum absolute atomic E-state index is 0.130. The lowest BCUT2D eigenvalue weighted by Crippen LogP contribution is -2.10. The first-order chi connectivity index (χ1) is 11.7. The third-order valence-electron chi connectivity index (χ3n) is 3.49. The van der Waals surface area contributed by atoms with Gasteiger partial charge >= 0.3 is 0 Å². The summed E-state index contributed by atoms with van der Waals surface area (Å²) in [4.78, 5) is 24.9. The molecule has 6 heteroatoms. The maximum Gasteiger partial charge on any atom is 0.271 e. The zero-order chi connectivity index (χ0) is 17.1. The average molecular weight is 343 g/mol. The van der Waals surface area contributed by atoms with Crippen LogP contribution in [0.4, 0.5) is 0 Å². The van der Waals surface area contributed by atoms with Gasteiger partial charge in [-0.1, -0.05) is 12.1 Å². The molecule has 3 aromatic rings. The summed E-state index contributed by atoms with van der Waals surface area (Å²) in [6.45, 7) is 4.74. The predicted octanol–water partition coefficient (Wildman–Crippen LogP) is 3.55. The van der Waals surface area contributed by atoms with Crippen molar-refractivity contribution in [2.45, 2.75) is 13.8 Å². The summed E-state index contributed by atoms with van der Waals surface area (Å²) >= 11 is 0.904. The van der Waals surface area contributed by atoms with E-state index in [1.54, 1.807) is 36.4 Å². The molecule has 0 amide bonds. The van der Waals surface area contributed by atoms with Crippen molar-refractivity contribution in [1.82, 2.24) is 3.96 Å². The van der Waals surface area contributed by atoms with E-state index in [0.717, 1.165) is 11.5 Å². The van der Waals surface area contributed by atoms with Crippen LogP contribution in [0.2, 0.25) is 0 Å². The van der Waals surface area contributed by atoms with E-state index in [1.165, 1.54) is 3.96 Å². The normalized spacial score (nSPS) is 10.8. The van der Waals surface area contributed by atoms with Crippen LogP contribution in [0.15, 0.2) is 47.3 Å². The second-order valence-electron chi connectivity index (χ2n) is 5.02. The van der Waals surface area contributed by atoms with E-state index in [2.05, 4.69) is 0 Å². The van der Waals surface area contributed by atoms with Gasteiger partial charge in [-0.3, -0.25) is 9.59 Å². The Kier molecular flexibility index (Phi) is 4.66. The lowest BCUT2D eigenvalue weighted by Gasteiger charge is -2.12. The van der Waals surface area contributed by atoms with Crippen LogP contribution in [0.3, 0.4) is 0 Å². The van der Waals surface area contributed by atoms with E-state index in [1.807, 2.05) is 19.9 Å². The number of nitrogens with zero attached hydrogens (tertiary/aromatic N) is 1. The molecular formula is C18H17NO4S. The number of para-hydroxylation sites is 1. The van der Waals surface area contributed by atoms with Gasteiger partial charge in [-0.15, -0.1) is 0 Å². The van der Waals surface area contributed by atoms with Gasteiger partial charge in [-0.25, -0.2) is 3.96 Å². The van der Waals surface area contributed by atoms with Crippen molar-refractivity contribution < 1.29 is 14.3 Å². The highest BCUT2D eigenvalue weighted by atomic mass is 32.1.